The summed E-state index contributed by atoms with van der Waals surface area (Å²) in [6.07, 6.45) is 1.22. The van der Waals surface area contributed by atoms with Gasteiger partial charge in [-0.25, -0.2) is 8.78 Å². The monoisotopic (exact) mass is 787 g/mol. The van der Waals surface area contributed by atoms with Gasteiger partial charge in [-0.05, 0) is 95.2 Å². The highest BCUT2D eigenvalue weighted by Gasteiger charge is 2.47. The second-order valence-electron chi connectivity index (χ2n) is 15.5. The van der Waals surface area contributed by atoms with E-state index in [2.05, 4.69) is 5.32 Å². The van der Waals surface area contributed by atoms with Crippen molar-refractivity contribution in [3.8, 4) is 28.4 Å². The third-order valence-electron chi connectivity index (χ3n) is 11.1. The first-order valence-electron chi connectivity index (χ1n) is 27.7. The van der Waals surface area contributed by atoms with Crippen molar-refractivity contribution in [1.82, 2.24) is 0 Å². The van der Waals surface area contributed by atoms with Crippen molar-refractivity contribution in [2.75, 3.05) is 17.3 Å². The molecule has 0 bridgehead atoms. The molecule has 286 valence electrons. The van der Waals surface area contributed by atoms with Gasteiger partial charge >= 0.3 is 0 Å². The lowest BCUT2D eigenvalue weighted by Crippen LogP contribution is -2.59. The van der Waals surface area contributed by atoms with Crippen LogP contribution in [0.15, 0.2) is 124 Å². The molecule has 0 saturated heterocycles. The van der Waals surface area contributed by atoms with E-state index < -0.39 is 178 Å². The predicted octanol–water partition coefficient (Wildman–Crippen LogP) is 11.6. The van der Waals surface area contributed by atoms with Gasteiger partial charge in [-0.15, -0.1) is 0 Å². The third kappa shape index (κ3) is 5.08. The minimum atomic E-state index is -1.69. The number of anilines is 5. The molecule has 6 aromatic carbocycles. The average Bonchev–Trinajstić information content (AvgIpc) is 4.17. The number of hydrogen-bond acceptors (Lipinski definition) is 6. The van der Waals surface area contributed by atoms with Gasteiger partial charge in [0.15, 0.2) is 0 Å². The van der Waals surface area contributed by atoms with E-state index in [1.54, 1.807) is 0 Å². The van der Waals surface area contributed by atoms with E-state index in [-0.39, 0.29) is 61.7 Å². The Bertz CT molecular complexity index is 4020. The highest BCUT2D eigenvalue weighted by Crippen LogP contribution is 2.52. The summed E-state index contributed by atoms with van der Waals surface area (Å²) in [7, 11) is 1.14. The second-order valence-corrected chi connectivity index (χ2v) is 15.5. The molecule has 8 aromatic rings. The summed E-state index contributed by atoms with van der Waals surface area (Å²) in [6.45, 7) is 6.19. The van der Waals surface area contributed by atoms with Crippen LogP contribution in [0.1, 0.15) is 77.9 Å². The number of para-hydroxylation sites is 1. The molecular formula is C49H39BF2N2O4. The number of benzene rings is 6. The van der Waals surface area contributed by atoms with Crippen LogP contribution in [-0.2, 0) is 10.8 Å². The van der Waals surface area contributed by atoms with Crippen LogP contribution in [-0.4, -0.2) is 13.8 Å². The number of ether oxygens (including phenoxy) is 2. The van der Waals surface area contributed by atoms with E-state index in [9.17, 15) is 13.7 Å². The summed E-state index contributed by atoms with van der Waals surface area (Å²) < 4.78 is 228. The van der Waals surface area contributed by atoms with Crippen molar-refractivity contribution in [2.24, 2.45) is 0 Å². The number of fused-ring (bicyclic) bond motifs is 9. The van der Waals surface area contributed by atoms with E-state index >= 15 is 8.78 Å². The second kappa shape index (κ2) is 12.3. The molecule has 0 atom stereocenters. The first-order chi connectivity index (χ1) is 36.0. The molecule has 2 aliphatic heterocycles. The van der Waals surface area contributed by atoms with Gasteiger partial charge in [-0.2, -0.15) is 0 Å². The van der Waals surface area contributed by atoms with Crippen molar-refractivity contribution < 1.29 is 53.1 Å². The Kier molecular flexibility index (Phi) is 4.29. The quantitative estimate of drug-likeness (QED) is 0.175. The van der Waals surface area contributed by atoms with Crippen LogP contribution in [0.25, 0.3) is 33.1 Å². The SMILES string of the molecule is [2H]c1c([2H])c([2H])c(Oc2c([2H])c([2H])c(N3c4c([2H])c(OC)c([2H])c5c4B(c4oc6c([2H])c(-c7c(F)c([2H])c([2H])c([2H])c7F)c([2H])c([2H])c6c4N5)c4c3c([2H])c3oc5c(c3c4[2H])C(C)(C)CCC5(C)C)c([2H])c2[2H])c([2H])c1[2H]. The number of nitrogens with one attached hydrogen (secondary N) is 1. The molecule has 0 fully saturated rings. The molecular weight excluding hydrogens is 729 g/mol. The molecule has 4 heterocycles. The molecule has 0 saturated carbocycles. The molecule has 1 N–H and O–H groups in total. The minimum absolute atomic E-state index is 0.120. The van der Waals surface area contributed by atoms with Crippen molar-refractivity contribution in [3.63, 3.8) is 0 Å². The van der Waals surface area contributed by atoms with E-state index in [1.165, 1.54) is 0 Å². The van der Waals surface area contributed by atoms with Crippen molar-refractivity contribution >= 4 is 73.7 Å². The Morgan fingerprint density at radius 2 is 1.45 bits per heavy atom. The Balaban J connectivity index is 1.29. The summed E-state index contributed by atoms with van der Waals surface area (Å²) in [6, 6.07) is -16.0. The maximum absolute atomic E-state index is 16.0. The molecule has 0 amide bonds. The normalized spacial score (nSPS) is 20.3. The van der Waals surface area contributed by atoms with Gasteiger partial charge < -0.3 is 28.5 Å². The van der Waals surface area contributed by atoms with Crippen molar-refractivity contribution in [1.29, 1.82) is 0 Å². The lowest BCUT2D eigenvalue weighted by Gasteiger charge is -2.40. The number of nitrogens with zero attached hydrogens (tertiary/aromatic N) is 1. The van der Waals surface area contributed by atoms with E-state index in [0.29, 0.717) is 24.2 Å². The van der Waals surface area contributed by atoms with Crippen molar-refractivity contribution in [2.45, 2.75) is 51.4 Å². The zero-order chi connectivity index (χ0) is 56.2. The highest BCUT2D eigenvalue weighted by atomic mass is 19.1. The first kappa shape index (κ1) is 20.3. The maximum atomic E-state index is 16.0. The lowest BCUT2D eigenvalue weighted by atomic mass is 9.35. The third-order valence-corrected chi connectivity index (χ3v) is 11.1. The number of hydrogen-bond donors (Lipinski definition) is 1. The van der Waals surface area contributed by atoms with Crippen molar-refractivity contribution in [3.05, 3.63) is 138 Å². The number of furan rings is 2. The molecule has 9 heteroatoms. The molecule has 0 radical (unpaired) electrons. The highest BCUT2D eigenvalue weighted by molar-refractivity contribution is 7.00. The van der Waals surface area contributed by atoms with Crippen LogP contribution in [0.5, 0.6) is 17.2 Å². The molecule has 6 nitrogen and oxygen atoms in total. The molecule has 0 unspecified atom stereocenters. The Morgan fingerprint density at radius 1 is 0.724 bits per heavy atom. The van der Waals surface area contributed by atoms with Gasteiger partial charge in [0.05, 0.1) is 50.1 Å². The van der Waals surface area contributed by atoms with Crippen LogP contribution < -0.4 is 36.3 Å². The van der Waals surface area contributed by atoms with E-state index in [0.717, 1.165) is 12.0 Å². The fourth-order valence-corrected chi connectivity index (χ4v) is 8.22. The van der Waals surface area contributed by atoms with E-state index in [1.807, 2.05) is 27.7 Å². The van der Waals surface area contributed by atoms with E-state index in [4.69, 9.17) is 30.6 Å². The molecule has 11 rings (SSSR count). The fourth-order valence-electron chi connectivity index (χ4n) is 8.22. The van der Waals surface area contributed by atoms with Gasteiger partial charge in [0, 0.05) is 62.6 Å². The summed E-state index contributed by atoms with van der Waals surface area (Å²) in [5.74, 6) is -5.08. The standard InChI is InChI=1S/C49H39BF2N2O4/c1-48(2)20-21-49(3,4)46-43(48)33-25-34-38(26-41(33)57-46)54(28-15-17-30(18-16-28)56-29-10-7-6-8-11-29)39-24-31(55-5)23-37-44(39)50(34)47-45(53-37)32-19-14-27(22-40(32)58-47)42-35(51)12-9-13-36(42)52/h6-19,22-26,53H,20-21H2,1-5H3/i6D,7D,8D,9D,10D,11D,12D,13D,14D,15D,16D,17D,18D,19D,22D,23D,24D,25D,26D. The Labute approximate surface area is 361 Å². The van der Waals surface area contributed by atoms with Gasteiger partial charge in [0.2, 0.25) is 0 Å². The average molecular weight is 788 g/mol. The number of halogens is 2. The Hall–Kier alpha value is -6.48. The Morgan fingerprint density at radius 3 is 2.21 bits per heavy atom. The van der Waals surface area contributed by atoms with Crippen LogP contribution in [0.2, 0.25) is 0 Å². The zero-order valence-corrected chi connectivity index (χ0v) is 31.3. The molecule has 3 aliphatic rings. The zero-order valence-electron chi connectivity index (χ0n) is 50.3. The summed E-state index contributed by atoms with van der Waals surface area (Å²) >= 11 is 0. The molecule has 2 aromatic heterocycles. The topological polar surface area (TPSA) is 60.0 Å². The number of methoxy groups -OCH3 is 1. The van der Waals surface area contributed by atoms with Crippen LogP contribution in [0, 0.1) is 11.6 Å². The predicted molar refractivity (Wildman–Crippen MR) is 229 cm³/mol. The van der Waals surface area contributed by atoms with Gasteiger partial charge in [0.1, 0.15) is 45.8 Å². The fraction of sp³-hybridized carbons (Fsp3) is 0.184. The summed E-state index contributed by atoms with van der Waals surface area (Å²) in [5.41, 5.74) is -6.00. The summed E-state index contributed by atoms with van der Waals surface area (Å²) in [5, 5.41) is 2.87. The van der Waals surface area contributed by atoms with Gasteiger partial charge in [-0.1, -0.05) is 63.9 Å². The molecule has 1 aliphatic carbocycles. The molecule has 58 heavy (non-hydrogen) atoms. The van der Waals surface area contributed by atoms with Crippen LogP contribution in [0.4, 0.5) is 37.2 Å². The van der Waals surface area contributed by atoms with Crippen LogP contribution in [0.3, 0.4) is 0 Å². The minimum Gasteiger partial charge on any atom is -0.497 e. The first-order valence-corrected chi connectivity index (χ1v) is 18.2. The molecule has 0 spiro atoms. The largest absolute Gasteiger partial charge is 0.497 e. The number of rotatable bonds is 5. The lowest BCUT2D eigenvalue weighted by molar-refractivity contribution is 0.284. The smallest absolute Gasteiger partial charge is 0.297 e. The van der Waals surface area contributed by atoms with Crippen LogP contribution >= 0.6 is 0 Å². The summed E-state index contributed by atoms with van der Waals surface area (Å²) in [4.78, 5) is 1.03. The maximum Gasteiger partial charge on any atom is 0.297 e. The van der Waals surface area contributed by atoms with Gasteiger partial charge in [-0.3, -0.25) is 0 Å². The van der Waals surface area contributed by atoms with Gasteiger partial charge in [0.25, 0.3) is 6.71 Å².